The Labute approximate surface area is 123 Å². The summed E-state index contributed by atoms with van der Waals surface area (Å²) in [5.74, 6) is 0. The fourth-order valence-corrected chi connectivity index (χ4v) is 3.56. The molecule has 0 aliphatic heterocycles. The molecule has 0 spiro atoms. The van der Waals surface area contributed by atoms with E-state index in [9.17, 15) is 0 Å². The average Bonchev–Trinajstić information content (AvgIpc) is 2.66. The summed E-state index contributed by atoms with van der Waals surface area (Å²) in [6.45, 7) is 0. The number of aromatic nitrogens is 1. The molecule has 0 N–H and O–H groups in total. The first-order valence-electron chi connectivity index (χ1n) is 5.66. The number of fused-ring (bicyclic) bond motifs is 1. The van der Waals surface area contributed by atoms with Gasteiger partial charge in [-0.05, 0) is 30.3 Å². The van der Waals surface area contributed by atoms with Gasteiger partial charge in [0.05, 0.1) is 0 Å². The molecule has 0 saturated carbocycles. The molecular formula is C15H11Br2N. The first-order valence-corrected chi connectivity index (χ1v) is 7.25. The molecule has 0 amide bonds. The number of rotatable bonds is 1. The second-order valence-corrected chi connectivity index (χ2v) is 6.14. The van der Waals surface area contributed by atoms with Crippen molar-refractivity contribution < 1.29 is 0 Å². The highest BCUT2D eigenvalue weighted by atomic mass is 79.9. The third-order valence-electron chi connectivity index (χ3n) is 3.11. The largest absolute Gasteiger partial charge is 0.344 e. The molecule has 0 atom stereocenters. The van der Waals surface area contributed by atoms with Crippen LogP contribution in [-0.4, -0.2) is 4.57 Å². The van der Waals surface area contributed by atoms with Crippen molar-refractivity contribution in [2.45, 2.75) is 0 Å². The maximum atomic E-state index is 3.54. The third kappa shape index (κ3) is 2.02. The van der Waals surface area contributed by atoms with Crippen LogP contribution in [0.4, 0.5) is 0 Å². The third-order valence-corrected chi connectivity index (χ3v) is 4.03. The summed E-state index contributed by atoms with van der Waals surface area (Å²) in [6.07, 6.45) is 0. The van der Waals surface area contributed by atoms with Gasteiger partial charge in [-0.3, -0.25) is 0 Å². The van der Waals surface area contributed by atoms with Crippen LogP contribution >= 0.6 is 31.9 Å². The van der Waals surface area contributed by atoms with Crippen molar-refractivity contribution in [3.63, 3.8) is 0 Å². The molecule has 2 aromatic carbocycles. The predicted octanol–water partition coefficient (Wildman–Crippen LogP) is 5.37. The van der Waals surface area contributed by atoms with Gasteiger partial charge in [0.2, 0.25) is 0 Å². The van der Waals surface area contributed by atoms with Gasteiger partial charge in [-0.2, -0.15) is 0 Å². The van der Waals surface area contributed by atoms with Crippen LogP contribution < -0.4 is 0 Å². The molecule has 0 aliphatic carbocycles. The molecule has 1 heterocycles. The monoisotopic (exact) mass is 363 g/mol. The highest BCUT2D eigenvalue weighted by Crippen LogP contribution is 2.31. The zero-order valence-electron chi connectivity index (χ0n) is 9.82. The lowest BCUT2D eigenvalue weighted by Gasteiger charge is -2.06. The van der Waals surface area contributed by atoms with Gasteiger partial charge in [-0.25, -0.2) is 0 Å². The predicted molar refractivity (Wildman–Crippen MR) is 83.8 cm³/mol. The zero-order valence-corrected chi connectivity index (χ0v) is 13.0. The van der Waals surface area contributed by atoms with Crippen LogP contribution in [0.5, 0.6) is 0 Å². The molecule has 90 valence electrons. The van der Waals surface area contributed by atoms with Crippen molar-refractivity contribution in [3.8, 4) is 11.3 Å². The number of hydrogen-bond donors (Lipinski definition) is 0. The van der Waals surface area contributed by atoms with Crippen LogP contribution in [0.15, 0.2) is 57.5 Å². The molecule has 0 fully saturated rings. The molecule has 0 radical (unpaired) electrons. The summed E-state index contributed by atoms with van der Waals surface area (Å²) in [5, 5.41) is 1.27. The first kappa shape index (κ1) is 12.0. The van der Waals surface area contributed by atoms with Crippen LogP contribution in [0.2, 0.25) is 0 Å². The van der Waals surface area contributed by atoms with Gasteiger partial charge >= 0.3 is 0 Å². The van der Waals surface area contributed by atoms with Gasteiger partial charge in [-0.15, -0.1) is 0 Å². The van der Waals surface area contributed by atoms with Gasteiger partial charge in [0, 0.05) is 38.2 Å². The van der Waals surface area contributed by atoms with Crippen LogP contribution in [-0.2, 0) is 7.05 Å². The molecule has 0 aliphatic rings. The summed E-state index contributed by atoms with van der Waals surface area (Å²) in [6, 6.07) is 17.0. The smallest absolute Gasteiger partial charge is 0.0489 e. The van der Waals surface area contributed by atoms with Crippen LogP contribution in [0.25, 0.3) is 22.2 Å². The Morgan fingerprint density at radius 2 is 1.56 bits per heavy atom. The normalized spacial score (nSPS) is 11.1. The Hall–Kier alpha value is -1.06. The molecule has 1 nitrogen and oxygen atoms in total. The highest BCUT2D eigenvalue weighted by molar-refractivity contribution is 9.11. The van der Waals surface area contributed by atoms with E-state index in [2.05, 4.69) is 85.9 Å². The van der Waals surface area contributed by atoms with E-state index in [-0.39, 0.29) is 0 Å². The lowest BCUT2D eigenvalue weighted by molar-refractivity contribution is 0.978. The van der Waals surface area contributed by atoms with Crippen molar-refractivity contribution in [1.82, 2.24) is 4.57 Å². The van der Waals surface area contributed by atoms with Crippen LogP contribution in [0.3, 0.4) is 0 Å². The first-order chi connectivity index (χ1) is 8.65. The molecule has 3 rings (SSSR count). The summed E-state index contributed by atoms with van der Waals surface area (Å²) in [4.78, 5) is 0. The second-order valence-electron chi connectivity index (χ2n) is 4.31. The fourth-order valence-electron chi connectivity index (χ4n) is 2.27. The number of nitrogens with zero attached hydrogens (tertiary/aromatic N) is 1. The SMILES string of the molecule is Cn1c(-c2cc(Br)cc(Br)c2)cc2ccccc21. The van der Waals surface area contributed by atoms with Crippen LogP contribution in [0, 0.1) is 0 Å². The second kappa shape index (κ2) is 4.56. The Morgan fingerprint density at radius 3 is 2.22 bits per heavy atom. The Kier molecular flexibility index (Phi) is 3.04. The molecular weight excluding hydrogens is 354 g/mol. The number of aryl methyl sites for hydroxylation is 1. The standard InChI is InChI=1S/C15H11Br2N/c1-18-14-5-3-2-4-10(14)8-15(18)11-6-12(16)9-13(17)7-11/h2-9H,1H3. The lowest BCUT2D eigenvalue weighted by atomic mass is 10.1. The van der Waals surface area contributed by atoms with E-state index in [4.69, 9.17) is 0 Å². The summed E-state index contributed by atoms with van der Waals surface area (Å²) in [7, 11) is 2.10. The number of halogens is 2. The molecule has 3 aromatic rings. The van der Waals surface area contributed by atoms with Crippen molar-refractivity contribution in [2.75, 3.05) is 0 Å². The van der Waals surface area contributed by atoms with E-state index in [1.54, 1.807) is 0 Å². The van der Waals surface area contributed by atoms with E-state index in [1.807, 2.05) is 6.07 Å². The van der Waals surface area contributed by atoms with Gasteiger partial charge < -0.3 is 4.57 Å². The van der Waals surface area contributed by atoms with Gasteiger partial charge in [-0.1, -0.05) is 50.1 Å². The van der Waals surface area contributed by atoms with Gasteiger partial charge in [0.1, 0.15) is 0 Å². The number of benzene rings is 2. The molecule has 0 unspecified atom stereocenters. The van der Waals surface area contributed by atoms with Crippen molar-refractivity contribution >= 4 is 42.8 Å². The maximum Gasteiger partial charge on any atom is 0.0489 e. The van der Waals surface area contributed by atoms with Crippen molar-refractivity contribution in [2.24, 2.45) is 7.05 Å². The fraction of sp³-hybridized carbons (Fsp3) is 0.0667. The van der Waals surface area contributed by atoms with Crippen molar-refractivity contribution in [3.05, 3.63) is 57.5 Å². The number of hydrogen-bond acceptors (Lipinski definition) is 0. The summed E-state index contributed by atoms with van der Waals surface area (Å²) in [5.41, 5.74) is 3.68. The van der Waals surface area contributed by atoms with Crippen molar-refractivity contribution in [1.29, 1.82) is 0 Å². The summed E-state index contributed by atoms with van der Waals surface area (Å²) >= 11 is 7.08. The summed E-state index contributed by atoms with van der Waals surface area (Å²) < 4.78 is 4.39. The van der Waals surface area contributed by atoms with E-state index < -0.39 is 0 Å². The van der Waals surface area contributed by atoms with Crippen LogP contribution in [0.1, 0.15) is 0 Å². The van der Waals surface area contributed by atoms with E-state index in [1.165, 1.54) is 22.2 Å². The Bertz CT molecular complexity index is 708. The van der Waals surface area contributed by atoms with E-state index in [0.717, 1.165) is 8.95 Å². The molecule has 0 saturated heterocycles. The zero-order chi connectivity index (χ0) is 12.7. The van der Waals surface area contributed by atoms with Gasteiger partial charge in [0.25, 0.3) is 0 Å². The maximum absolute atomic E-state index is 3.54. The Morgan fingerprint density at radius 1 is 0.889 bits per heavy atom. The molecule has 1 aromatic heterocycles. The van der Waals surface area contributed by atoms with Gasteiger partial charge in [0.15, 0.2) is 0 Å². The number of para-hydroxylation sites is 1. The molecule has 3 heteroatoms. The quantitative estimate of drug-likeness (QED) is 0.547. The molecule has 18 heavy (non-hydrogen) atoms. The minimum atomic E-state index is 1.08. The van der Waals surface area contributed by atoms with E-state index in [0.29, 0.717) is 0 Å². The average molecular weight is 365 g/mol. The highest BCUT2D eigenvalue weighted by Gasteiger charge is 2.08. The van der Waals surface area contributed by atoms with E-state index >= 15 is 0 Å². The Balaban J connectivity index is 2.28. The minimum Gasteiger partial charge on any atom is -0.344 e. The molecule has 0 bridgehead atoms. The lowest BCUT2D eigenvalue weighted by Crippen LogP contribution is -1.91. The topological polar surface area (TPSA) is 4.93 Å². The minimum absolute atomic E-state index is 1.08.